The first-order valence-electron chi connectivity index (χ1n) is 7.80. The third-order valence-corrected chi connectivity index (χ3v) is 4.31. The Bertz CT molecular complexity index is 873. The highest BCUT2D eigenvalue weighted by Crippen LogP contribution is 2.21. The van der Waals surface area contributed by atoms with Crippen LogP contribution in [0.3, 0.4) is 0 Å². The quantitative estimate of drug-likeness (QED) is 0.566. The van der Waals surface area contributed by atoms with Crippen LogP contribution in [0.15, 0.2) is 35.8 Å². The lowest BCUT2D eigenvalue weighted by atomic mass is 10.2. The van der Waals surface area contributed by atoms with Gasteiger partial charge in [0.2, 0.25) is 5.91 Å². The van der Waals surface area contributed by atoms with Gasteiger partial charge in [0.05, 0.1) is 7.11 Å². The monoisotopic (exact) mass is 358 g/mol. The van der Waals surface area contributed by atoms with Crippen molar-refractivity contribution >= 4 is 39.2 Å². The van der Waals surface area contributed by atoms with Crippen molar-refractivity contribution < 1.29 is 14.3 Å². The smallest absolute Gasteiger partial charge is 0.267 e. The van der Waals surface area contributed by atoms with E-state index in [1.165, 1.54) is 11.3 Å². The summed E-state index contributed by atoms with van der Waals surface area (Å²) < 4.78 is 5.17. The highest BCUT2D eigenvalue weighted by Gasteiger charge is 2.10. The van der Waals surface area contributed by atoms with Crippen LogP contribution in [0, 0.1) is 0 Å². The van der Waals surface area contributed by atoms with E-state index in [0.717, 1.165) is 16.7 Å². The number of H-pyrrole nitrogens is 1. The molecule has 2 heterocycles. The highest BCUT2D eigenvalue weighted by molar-refractivity contribution is 7.13. The van der Waals surface area contributed by atoms with Crippen LogP contribution in [-0.2, 0) is 4.79 Å². The summed E-state index contributed by atoms with van der Waals surface area (Å²) in [4.78, 5) is 31.0. The summed E-state index contributed by atoms with van der Waals surface area (Å²) >= 11 is 1.37. The summed E-state index contributed by atoms with van der Waals surface area (Å²) in [6.45, 7) is 0.419. The summed E-state index contributed by atoms with van der Waals surface area (Å²) in [6, 6.07) is 7.37. The molecule has 7 nitrogen and oxygen atoms in total. The molecule has 0 saturated carbocycles. The van der Waals surface area contributed by atoms with Crippen LogP contribution >= 0.6 is 11.3 Å². The van der Waals surface area contributed by atoms with Gasteiger partial charge in [0.25, 0.3) is 5.91 Å². The number of aromatic amines is 1. The Hall–Kier alpha value is -2.87. The van der Waals surface area contributed by atoms with Crippen molar-refractivity contribution in [3.8, 4) is 5.75 Å². The van der Waals surface area contributed by atoms with Crippen LogP contribution in [0.2, 0.25) is 0 Å². The Balaban J connectivity index is 1.47. The second-order valence-corrected chi connectivity index (χ2v) is 6.28. The van der Waals surface area contributed by atoms with E-state index >= 15 is 0 Å². The van der Waals surface area contributed by atoms with E-state index < -0.39 is 0 Å². The molecular formula is C17H18N4O3S. The summed E-state index contributed by atoms with van der Waals surface area (Å²) in [5.41, 5.74) is 1.32. The van der Waals surface area contributed by atoms with Crippen molar-refractivity contribution in [3.63, 3.8) is 0 Å². The van der Waals surface area contributed by atoms with Crippen molar-refractivity contribution in [1.82, 2.24) is 15.3 Å². The second kappa shape index (κ2) is 7.80. The van der Waals surface area contributed by atoms with Crippen molar-refractivity contribution in [2.24, 2.45) is 0 Å². The van der Waals surface area contributed by atoms with Crippen LogP contribution < -0.4 is 15.4 Å². The van der Waals surface area contributed by atoms with Crippen molar-refractivity contribution in [2.75, 3.05) is 19.0 Å². The minimum atomic E-state index is -0.199. The fourth-order valence-corrected chi connectivity index (χ4v) is 2.91. The van der Waals surface area contributed by atoms with Crippen LogP contribution in [0.4, 0.5) is 5.13 Å². The lowest BCUT2D eigenvalue weighted by Gasteiger charge is -2.04. The Morgan fingerprint density at radius 1 is 1.32 bits per heavy atom. The maximum atomic E-state index is 12.2. The number of anilines is 1. The highest BCUT2D eigenvalue weighted by atomic mass is 32.1. The van der Waals surface area contributed by atoms with Gasteiger partial charge in [0, 0.05) is 41.5 Å². The lowest BCUT2D eigenvalue weighted by molar-refractivity contribution is -0.116. The Morgan fingerprint density at radius 2 is 2.20 bits per heavy atom. The fourth-order valence-electron chi connectivity index (χ4n) is 2.37. The van der Waals surface area contributed by atoms with E-state index in [2.05, 4.69) is 20.6 Å². The van der Waals surface area contributed by atoms with Gasteiger partial charge in [0.1, 0.15) is 11.4 Å². The molecule has 0 radical (unpaired) electrons. The predicted molar refractivity (Wildman–Crippen MR) is 97.2 cm³/mol. The Kier molecular flexibility index (Phi) is 5.30. The summed E-state index contributed by atoms with van der Waals surface area (Å²) in [5, 5.41) is 8.84. The molecule has 0 unspecified atom stereocenters. The number of benzene rings is 1. The van der Waals surface area contributed by atoms with E-state index in [-0.39, 0.29) is 11.8 Å². The number of aromatic nitrogens is 2. The van der Waals surface area contributed by atoms with Gasteiger partial charge in [-0.2, -0.15) is 0 Å². The number of thiazole rings is 1. The number of amides is 2. The Morgan fingerprint density at radius 3 is 2.96 bits per heavy atom. The number of hydrogen-bond acceptors (Lipinski definition) is 5. The van der Waals surface area contributed by atoms with Gasteiger partial charge in [-0.25, -0.2) is 4.98 Å². The molecule has 130 valence electrons. The number of nitrogens with zero attached hydrogens (tertiary/aromatic N) is 1. The second-order valence-electron chi connectivity index (χ2n) is 5.38. The first-order valence-corrected chi connectivity index (χ1v) is 8.68. The average molecular weight is 358 g/mol. The zero-order valence-corrected chi connectivity index (χ0v) is 14.5. The van der Waals surface area contributed by atoms with Gasteiger partial charge >= 0.3 is 0 Å². The normalized spacial score (nSPS) is 10.6. The zero-order chi connectivity index (χ0) is 17.6. The third kappa shape index (κ3) is 4.36. The molecule has 0 bridgehead atoms. The van der Waals surface area contributed by atoms with Gasteiger partial charge in [-0.3, -0.25) is 9.59 Å². The van der Waals surface area contributed by atoms with Gasteiger partial charge in [-0.1, -0.05) is 0 Å². The topological polar surface area (TPSA) is 96.1 Å². The minimum absolute atomic E-state index is 0.109. The van der Waals surface area contributed by atoms with Crippen molar-refractivity contribution in [2.45, 2.75) is 12.8 Å². The number of carbonyl (C=O) groups excluding carboxylic acids is 2. The minimum Gasteiger partial charge on any atom is -0.497 e. The van der Waals surface area contributed by atoms with Crippen LogP contribution in [0.1, 0.15) is 23.3 Å². The molecule has 0 aliphatic rings. The molecule has 0 saturated heterocycles. The lowest BCUT2D eigenvalue weighted by Crippen LogP contribution is -2.25. The number of nitrogens with one attached hydrogen (secondary N) is 3. The summed E-state index contributed by atoms with van der Waals surface area (Å²) in [5.74, 6) is 0.421. The maximum absolute atomic E-state index is 12.2. The molecule has 0 fully saturated rings. The molecule has 0 aliphatic carbocycles. The molecule has 25 heavy (non-hydrogen) atoms. The number of hydrogen-bond donors (Lipinski definition) is 3. The molecule has 3 aromatic rings. The van der Waals surface area contributed by atoms with Crippen molar-refractivity contribution in [1.29, 1.82) is 0 Å². The Labute approximate surface area is 148 Å². The van der Waals surface area contributed by atoms with Gasteiger partial charge in [0.15, 0.2) is 5.13 Å². The summed E-state index contributed by atoms with van der Waals surface area (Å²) in [6.07, 6.45) is 2.51. The first-order chi connectivity index (χ1) is 12.2. The molecule has 3 rings (SSSR count). The molecule has 1 aromatic carbocycles. The van der Waals surface area contributed by atoms with E-state index in [4.69, 9.17) is 4.74 Å². The number of ether oxygens (including phenoxy) is 1. The fraction of sp³-hybridized carbons (Fsp3) is 0.235. The molecule has 0 spiro atoms. The number of methoxy groups -OCH3 is 1. The maximum Gasteiger partial charge on any atom is 0.267 e. The molecule has 2 aromatic heterocycles. The van der Waals surface area contributed by atoms with Crippen LogP contribution in [0.5, 0.6) is 5.75 Å². The molecular weight excluding hydrogens is 340 g/mol. The standard InChI is InChI=1S/C17H18N4O3S/c1-24-12-5-4-11-9-14(20-13(11)10-12)16(23)18-6-2-3-15(22)21-17-19-7-8-25-17/h4-5,7-10,20H,2-3,6H2,1H3,(H,18,23)(H,19,21,22). The van der Waals surface area contributed by atoms with E-state index in [0.29, 0.717) is 30.2 Å². The SMILES string of the molecule is COc1ccc2cc(C(=O)NCCCC(=O)Nc3nccs3)[nH]c2c1. The summed E-state index contributed by atoms with van der Waals surface area (Å²) in [7, 11) is 1.60. The van der Waals surface area contributed by atoms with Crippen LogP contribution in [-0.4, -0.2) is 35.4 Å². The van der Waals surface area contributed by atoms with E-state index in [1.54, 1.807) is 24.8 Å². The van der Waals surface area contributed by atoms with E-state index in [1.807, 2.05) is 18.2 Å². The van der Waals surface area contributed by atoms with Crippen LogP contribution in [0.25, 0.3) is 10.9 Å². The molecule has 8 heteroatoms. The molecule has 2 amide bonds. The predicted octanol–water partition coefficient (Wildman–Crippen LogP) is 2.78. The molecule has 0 atom stereocenters. The van der Waals surface area contributed by atoms with Gasteiger partial charge in [-0.15, -0.1) is 11.3 Å². The van der Waals surface area contributed by atoms with Gasteiger partial charge in [-0.05, 0) is 24.6 Å². The third-order valence-electron chi connectivity index (χ3n) is 3.62. The van der Waals surface area contributed by atoms with E-state index in [9.17, 15) is 9.59 Å². The largest absolute Gasteiger partial charge is 0.497 e. The van der Waals surface area contributed by atoms with Gasteiger partial charge < -0.3 is 20.4 Å². The molecule has 3 N–H and O–H groups in total. The average Bonchev–Trinajstić information content (AvgIpc) is 3.27. The number of fused-ring (bicyclic) bond motifs is 1. The first kappa shape index (κ1) is 17.0. The number of carbonyl (C=O) groups is 2. The molecule has 0 aliphatic heterocycles. The van der Waals surface area contributed by atoms with Crippen molar-refractivity contribution in [3.05, 3.63) is 41.5 Å². The number of rotatable bonds is 7. The zero-order valence-electron chi connectivity index (χ0n) is 13.7.